The molecule has 0 atom stereocenters. The van der Waals surface area contributed by atoms with Crippen LogP contribution in [-0.2, 0) is 4.79 Å². The molecule has 0 aromatic rings. The van der Waals surface area contributed by atoms with Gasteiger partial charge in [0, 0.05) is 17.8 Å². The van der Waals surface area contributed by atoms with Crippen LogP contribution in [0, 0.1) is 0 Å². The summed E-state index contributed by atoms with van der Waals surface area (Å²) in [7, 11) is 0. The molecule has 2 N–H and O–H groups in total. The number of rotatable bonds is 6. The molecule has 1 aliphatic rings. The normalized spacial score (nSPS) is 25.1. The van der Waals surface area contributed by atoms with Crippen LogP contribution in [0.4, 0.5) is 0 Å². The third-order valence-electron chi connectivity index (χ3n) is 2.95. The van der Waals surface area contributed by atoms with E-state index in [9.17, 15) is 4.79 Å². The van der Waals surface area contributed by atoms with E-state index in [0.717, 1.165) is 18.1 Å². The summed E-state index contributed by atoms with van der Waals surface area (Å²) in [5, 5.41) is 6.89. The maximum absolute atomic E-state index is 11.5. The van der Waals surface area contributed by atoms with Gasteiger partial charge in [-0.15, -0.1) is 6.58 Å². The first-order chi connectivity index (χ1) is 7.76. The summed E-state index contributed by atoms with van der Waals surface area (Å²) in [6.45, 7) is 4.68. The summed E-state index contributed by atoms with van der Waals surface area (Å²) in [5.74, 6) is 0.106. The van der Waals surface area contributed by atoms with Crippen LogP contribution < -0.4 is 10.6 Å². The molecule has 1 saturated carbocycles. The Kier molecular flexibility index (Phi) is 6.57. The molecule has 0 radical (unpaired) electrons. The van der Waals surface area contributed by atoms with Crippen LogP contribution in [0.15, 0.2) is 12.7 Å². The van der Waals surface area contributed by atoms with Gasteiger partial charge in [0.05, 0.1) is 6.54 Å². The quantitative estimate of drug-likeness (QED) is 0.548. The fourth-order valence-electron chi connectivity index (χ4n) is 2.01. The van der Waals surface area contributed by atoms with Gasteiger partial charge in [-0.3, -0.25) is 4.79 Å². The zero-order valence-electron chi connectivity index (χ0n) is 10.00. The van der Waals surface area contributed by atoms with Crippen molar-refractivity contribution in [2.24, 2.45) is 0 Å². The van der Waals surface area contributed by atoms with Gasteiger partial charge in [-0.25, -0.2) is 0 Å². The average Bonchev–Trinajstić information content (AvgIpc) is 2.30. The topological polar surface area (TPSA) is 41.1 Å². The highest BCUT2D eigenvalue weighted by molar-refractivity contribution is 7.99. The molecule has 0 aliphatic heterocycles. The van der Waals surface area contributed by atoms with Gasteiger partial charge in [0.15, 0.2) is 0 Å². The highest BCUT2D eigenvalue weighted by Gasteiger charge is 2.21. The number of thioether (sulfide) groups is 1. The minimum Gasteiger partial charge on any atom is -0.352 e. The van der Waals surface area contributed by atoms with E-state index in [0.29, 0.717) is 19.1 Å². The number of amides is 1. The fraction of sp³-hybridized carbons (Fsp3) is 0.750. The molecule has 1 aliphatic carbocycles. The Balaban J connectivity index is 2.13. The zero-order chi connectivity index (χ0) is 11.8. The first-order valence-electron chi connectivity index (χ1n) is 5.90. The van der Waals surface area contributed by atoms with E-state index in [1.54, 1.807) is 6.08 Å². The number of nitrogens with one attached hydrogen (secondary N) is 2. The van der Waals surface area contributed by atoms with E-state index in [2.05, 4.69) is 23.5 Å². The second-order valence-corrected chi connectivity index (χ2v) is 5.33. The Morgan fingerprint density at radius 3 is 2.69 bits per heavy atom. The van der Waals surface area contributed by atoms with Gasteiger partial charge in [-0.05, 0) is 31.9 Å². The minimum atomic E-state index is 0.106. The molecule has 0 unspecified atom stereocenters. The van der Waals surface area contributed by atoms with Crippen molar-refractivity contribution in [3.05, 3.63) is 12.7 Å². The van der Waals surface area contributed by atoms with Gasteiger partial charge >= 0.3 is 0 Å². The highest BCUT2D eigenvalue weighted by atomic mass is 32.2. The minimum absolute atomic E-state index is 0.106. The van der Waals surface area contributed by atoms with Crippen molar-refractivity contribution < 1.29 is 4.79 Å². The molecule has 0 bridgehead atoms. The molecule has 3 nitrogen and oxygen atoms in total. The van der Waals surface area contributed by atoms with Gasteiger partial charge in [0.2, 0.25) is 5.91 Å². The molecule has 1 amide bonds. The molecule has 16 heavy (non-hydrogen) atoms. The summed E-state index contributed by atoms with van der Waals surface area (Å²) in [6.07, 6.45) is 8.63. The van der Waals surface area contributed by atoms with Gasteiger partial charge in [0.1, 0.15) is 0 Å². The van der Waals surface area contributed by atoms with E-state index in [4.69, 9.17) is 0 Å². The van der Waals surface area contributed by atoms with Gasteiger partial charge in [-0.1, -0.05) is 6.08 Å². The molecular weight excluding hydrogens is 220 g/mol. The monoisotopic (exact) mass is 242 g/mol. The Hall–Kier alpha value is -0.480. The highest BCUT2D eigenvalue weighted by Crippen LogP contribution is 2.26. The fourth-order valence-corrected chi connectivity index (χ4v) is 2.75. The van der Waals surface area contributed by atoms with Crippen molar-refractivity contribution in [2.75, 3.05) is 19.3 Å². The van der Waals surface area contributed by atoms with Crippen LogP contribution in [0.1, 0.15) is 25.7 Å². The van der Waals surface area contributed by atoms with Crippen molar-refractivity contribution in [3.63, 3.8) is 0 Å². The Morgan fingerprint density at radius 1 is 1.44 bits per heavy atom. The molecule has 0 spiro atoms. The Morgan fingerprint density at radius 2 is 2.12 bits per heavy atom. The second kappa shape index (κ2) is 7.74. The maximum Gasteiger partial charge on any atom is 0.234 e. The van der Waals surface area contributed by atoms with Crippen molar-refractivity contribution in [1.29, 1.82) is 0 Å². The van der Waals surface area contributed by atoms with Crippen molar-refractivity contribution >= 4 is 17.7 Å². The summed E-state index contributed by atoms with van der Waals surface area (Å²) in [5.41, 5.74) is 0. The molecule has 92 valence electrons. The van der Waals surface area contributed by atoms with Crippen molar-refractivity contribution in [1.82, 2.24) is 10.6 Å². The van der Waals surface area contributed by atoms with Gasteiger partial charge < -0.3 is 10.6 Å². The van der Waals surface area contributed by atoms with Crippen LogP contribution in [0.25, 0.3) is 0 Å². The summed E-state index contributed by atoms with van der Waals surface area (Å²) in [4.78, 5) is 11.5. The second-order valence-electron chi connectivity index (χ2n) is 4.20. The van der Waals surface area contributed by atoms with Crippen molar-refractivity contribution in [2.45, 2.75) is 37.0 Å². The van der Waals surface area contributed by atoms with Gasteiger partial charge in [0.25, 0.3) is 0 Å². The van der Waals surface area contributed by atoms with E-state index in [-0.39, 0.29) is 5.91 Å². The van der Waals surface area contributed by atoms with Crippen LogP contribution in [0.3, 0.4) is 0 Å². The molecule has 0 heterocycles. The van der Waals surface area contributed by atoms with E-state index in [1.165, 1.54) is 12.8 Å². The van der Waals surface area contributed by atoms with Crippen molar-refractivity contribution in [3.8, 4) is 0 Å². The first-order valence-corrected chi connectivity index (χ1v) is 7.18. The zero-order valence-corrected chi connectivity index (χ0v) is 10.8. The molecule has 4 heteroatoms. The third kappa shape index (κ3) is 5.03. The smallest absolute Gasteiger partial charge is 0.234 e. The first kappa shape index (κ1) is 13.6. The number of carbonyl (C=O) groups is 1. The molecule has 1 rings (SSSR count). The van der Waals surface area contributed by atoms with Gasteiger partial charge in [-0.2, -0.15) is 11.8 Å². The molecule has 0 aromatic heterocycles. The van der Waals surface area contributed by atoms with E-state index < -0.39 is 0 Å². The average molecular weight is 242 g/mol. The SMILES string of the molecule is C=CCNCC(=O)NC1CCC(SC)CC1. The molecule has 1 fully saturated rings. The van der Waals surface area contributed by atoms with E-state index >= 15 is 0 Å². The van der Waals surface area contributed by atoms with E-state index in [1.807, 2.05) is 11.8 Å². The lowest BCUT2D eigenvalue weighted by atomic mass is 9.95. The molecular formula is C12H22N2OS. The standard InChI is InChI=1S/C12H22N2OS/c1-3-8-13-9-12(15)14-10-4-6-11(16-2)7-5-10/h3,10-11,13H,1,4-9H2,2H3,(H,14,15). The maximum atomic E-state index is 11.5. The van der Waals surface area contributed by atoms with Crippen LogP contribution >= 0.6 is 11.8 Å². The summed E-state index contributed by atoms with van der Waals surface area (Å²) < 4.78 is 0. The number of carbonyl (C=O) groups excluding carboxylic acids is 1. The Bertz CT molecular complexity index is 225. The number of hydrogen-bond donors (Lipinski definition) is 2. The number of hydrogen-bond acceptors (Lipinski definition) is 3. The lowest BCUT2D eigenvalue weighted by Gasteiger charge is -2.28. The Labute approximate surface area is 102 Å². The third-order valence-corrected chi connectivity index (χ3v) is 4.08. The van der Waals surface area contributed by atoms with Crippen LogP contribution in [0.5, 0.6) is 0 Å². The lowest BCUT2D eigenvalue weighted by Crippen LogP contribution is -2.42. The lowest BCUT2D eigenvalue weighted by molar-refractivity contribution is -0.121. The summed E-state index contributed by atoms with van der Waals surface area (Å²) in [6, 6.07) is 0.390. The largest absolute Gasteiger partial charge is 0.352 e. The van der Waals surface area contributed by atoms with Crippen LogP contribution in [0.2, 0.25) is 0 Å². The predicted molar refractivity (Wildman–Crippen MR) is 70.8 cm³/mol. The molecule has 0 aromatic carbocycles. The molecule has 0 saturated heterocycles. The predicted octanol–water partition coefficient (Wildman–Crippen LogP) is 1.55. The van der Waals surface area contributed by atoms with Crippen LogP contribution in [-0.4, -0.2) is 36.5 Å². The summed E-state index contributed by atoms with van der Waals surface area (Å²) >= 11 is 1.95.